The van der Waals surface area contributed by atoms with E-state index < -0.39 is 25.9 Å². The van der Waals surface area contributed by atoms with Crippen molar-refractivity contribution in [1.29, 1.82) is 0 Å². The topological polar surface area (TPSA) is 133 Å². The van der Waals surface area contributed by atoms with Gasteiger partial charge in [0, 0.05) is 61.2 Å². The summed E-state index contributed by atoms with van der Waals surface area (Å²) in [5, 5.41) is 1.90. The van der Waals surface area contributed by atoms with Gasteiger partial charge in [-0.15, -0.1) is 0 Å². The lowest BCUT2D eigenvalue weighted by atomic mass is 10.1. The van der Waals surface area contributed by atoms with Crippen LogP contribution in [0.4, 0.5) is 4.39 Å². The monoisotopic (exact) mass is 604 g/mol. The van der Waals surface area contributed by atoms with Crippen LogP contribution in [0.25, 0.3) is 6.08 Å². The first-order valence-corrected chi connectivity index (χ1v) is 16.3. The highest BCUT2D eigenvalue weighted by Gasteiger charge is 2.29. The summed E-state index contributed by atoms with van der Waals surface area (Å²) in [4.78, 5) is 28.9. The van der Waals surface area contributed by atoms with Crippen LogP contribution in [0.2, 0.25) is 0 Å². The van der Waals surface area contributed by atoms with Crippen LogP contribution >= 0.6 is 0 Å². The minimum atomic E-state index is -3.77. The molecule has 0 radical (unpaired) electrons. The van der Waals surface area contributed by atoms with Crippen molar-refractivity contribution >= 4 is 37.9 Å². The van der Waals surface area contributed by atoms with Crippen molar-refractivity contribution < 1.29 is 30.8 Å². The number of nitrogens with one attached hydrogen (secondary N) is 2. The maximum absolute atomic E-state index is 13.1. The molecule has 4 rings (SSSR count). The molecule has 220 valence electrons. The molecule has 2 fully saturated rings. The fourth-order valence-corrected chi connectivity index (χ4v) is 6.33. The molecule has 0 spiro atoms. The third-order valence-corrected chi connectivity index (χ3v) is 9.25. The van der Waals surface area contributed by atoms with E-state index in [1.54, 1.807) is 34.1 Å². The molecule has 2 atom stereocenters. The molecule has 13 heteroatoms. The van der Waals surface area contributed by atoms with Crippen LogP contribution in [0, 0.1) is 17.7 Å². The highest BCUT2D eigenvalue weighted by Crippen LogP contribution is 2.21. The van der Waals surface area contributed by atoms with Crippen LogP contribution in [-0.4, -0.2) is 77.7 Å². The van der Waals surface area contributed by atoms with Crippen molar-refractivity contribution in [2.45, 2.75) is 12.8 Å². The molecule has 2 aromatic carbocycles. The number of likely N-dealkylation sites (tertiary alicyclic amines) is 2. The molecule has 0 saturated carbocycles. The number of sulfonamides is 2. The van der Waals surface area contributed by atoms with E-state index in [0.29, 0.717) is 55.7 Å². The Morgan fingerprint density at radius 3 is 2.00 bits per heavy atom. The highest BCUT2D eigenvalue weighted by atomic mass is 32.2. The number of rotatable bonds is 11. The summed E-state index contributed by atoms with van der Waals surface area (Å²) < 4.78 is 66.5. The largest absolute Gasteiger partial charge is 0.338 e. The van der Waals surface area contributed by atoms with Crippen LogP contribution in [0.3, 0.4) is 0 Å². The quantitative estimate of drug-likeness (QED) is 0.405. The molecule has 0 aliphatic carbocycles. The van der Waals surface area contributed by atoms with Crippen molar-refractivity contribution in [3.8, 4) is 0 Å². The minimum Gasteiger partial charge on any atom is -0.338 e. The van der Waals surface area contributed by atoms with E-state index in [4.69, 9.17) is 0 Å². The summed E-state index contributed by atoms with van der Waals surface area (Å²) in [7, 11) is -7.30. The Balaban J connectivity index is 1.27. The van der Waals surface area contributed by atoms with Gasteiger partial charge in [-0.1, -0.05) is 18.7 Å². The first-order chi connectivity index (χ1) is 19.4. The Kier molecular flexibility index (Phi) is 9.74. The van der Waals surface area contributed by atoms with E-state index >= 15 is 0 Å². The summed E-state index contributed by atoms with van der Waals surface area (Å²) in [6.07, 6.45) is 2.71. The maximum Gasteiger partial charge on any atom is 0.253 e. The summed E-state index contributed by atoms with van der Waals surface area (Å²) >= 11 is 0. The van der Waals surface area contributed by atoms with Gasteiger partial charge in [-0.05, 0) is 72.7 Å². The van der Waals surface area contributed by atoms with Gasteiger partial charge in [0.05, 0.1) is 0 Å². The maximum atomic E-state index is 13.1. The summed E-state index contributed by atoms with van der Waals surface area (Å²) in [6.45, 7) is 5.42. The van der Waals surface area contributed by atoms with Gasteiger partial charge in [0.15, 0.2) is 0 Å². The summed E-state index contributed by atoms with van der Waals surface area (Å²) in [5.41, 5.74) is 1.33. The smallest absolute Gasteiger partial charge is 0.253 e. The van der Waals surface area contributed by atoms with Crippen LogP contribution in [0.5, 0.6) is 0 Å². The highest BCUT2D eigenvalue weighted by molar-refractivity contribution is 7.92. The van der Waals surface area contributed by atoms with Crippen molar-refractivity contribution in [3.63, 3.8) is 0 Å². The number of hydrogen-bond donors (Lipinski definition) is 2. The van der Waals surface area contributed by atoms with Crippen LogP contribution in [0.15, 0.2) is 65.9 Å². The second-order valence-corrected chi connectivity index (χ2v) is 13.6. The number of benzene rings is 2. The van der Waals surface area contributed by atoms with E-state index in [9.17, 15) is 30.8 Å². The van der Waals surface area contributed by atoms with Crippen LogP contribution in [-0.2, 0) is 20.0 Å². The lowest BCUT2D eigenvalue weighted by Crippen LogP contribution is -2.32. The van der Waals surface area contributed by atoms with Crippen LogP contribution < -0.4 is 9.44 Å². The second kappa shape index (κ2) is 13.1. The molecule has 10 nitrogen and oxygen atoms in total. The Labute approximate surface area is 240 Å². The standard InChI is InChI=1S/C28H33FN4O6S2/c1-2-40(36,37)30-17-22-11-14-33(20-22)28(35)25-5-3-4-21(16-25)12-15-41(38,39)31-18-23-10-13-32(19-23)27(34)24-6-8-26(29)9-7-24/h2-9,12,15-16,22-23,30-31H,1,10-11,13-14,17-20H2/b15-12+/t22-,23-/m1/s1. The van der Waals surface area contributed by atoms with Crippen molar-refractivity contribution in [3.05, 3.63) is 88.4 Å². The van der Waals surface area contributed by atoms with Gasteiger partial charge >= 0.3 is 0 Å². The predicted octanol–water partition coefficient (Wildman–Crippen LogP) is 2.40. The van der Waals surface area contributed by atoms with Gasteiger partial charge in [-0.2, -0.15) is 0 Å². The molecule has 0 aromatic heterocycles. The first kappa shape index (κ1) is 30.6. The van der Waals surface area contributed by atoms with E-state index in [0.717, 1.165) is 10.8 Å². The Hall–Kier alpha value is -3.39. The van der Waals surface area contributed by atoms with E-state index in [1.165, 1.54) is 30.3 Å². The molecule has 0 unspecified atom stereocenters. The molecule has 2 aromatic rings. The molecule has 41 heavy (non-hydrogen) atoms. The van der Waals surface area contributed by atoms with Crippen LogP contribution in [0.1, 0.15) is 39.1 Å². The molecule has 2 saturated heterocycles. The molecule has 2 aliphatic heterocycles. The number of nitrogens with zero attached hydrogens (tertiary/aromatic N) is 2. The third-order valence-electron chi connectivity index (χ3n) is 7.18. The normalized spacial score (nSPS) is 19.6. The lowest BCUT2D eigenvalue weighted by Gasteiger charge is -2.17. The number of halogens is 1. The Bertz CT molecular complexity index is 1530. The molecule has 2 amide bonds. The predicted molar refractivity (Wildman–Crippen MR) is 154 cm³/mol. The summed E-state index contributed by atoms with van der Waals surface area (Å²) in [5.74, 6) is -0.917. The Morgan fingerprint density at radius 2 is 1.41 bits per heavy atom. The minimum absolute atomic E-state index is 0.0130. The molecule has 0 bridgehead atoms. The lowest BCUT2D eigenvalue weighted by molar-refractivity contribution is 0.0780. The van der Waals surface area contributed by atoms with Gasteiger partial charge in [0.2, 0.25) is 20.0 Å². The number of carbonyl (C=O) groups excluding carboxylic acids is 2. The third kappa shape index (κ3) is 8.55. The SMILES string of the molecule is C=CS(=O)(=O)NC[C@H]1CCN(C(=O)c2cccc(/C=C/S(=O)(=O)NC[C@H]3CCN(C(=O)c4ccc(F)cc4)C3)c2)C1. The number of carbonyl (C=O) groups is 2. The molecule has 2 N–H and O–H groups in total. The zero-order chi connectivity index (χ0) is 29.6. The second-order valence-electron chi connectivity index (χ2n) is 10.2. The van der Waals surface area contributed by atoms with E-state index in [1.807, 2.05) is 0 Å². The Morgan fingerprint density at radius 1 is 0.854 bits per heavy atom. The van der Waals surface area contributed by atoms with Crippen molar-refractivity contribution in [2.24, 2.45) is 11.8 Å². The molecular weight excluding hydrogens is 571 g/mol. The number of hydrogen-bond acceptors (Lipinski definition) is 6. The first-order valence-electron chi connectivity index (χ1n) is 13.2. The molecular formula is C28H33FN4O6S2. The molecule has 2 aliphatic rings. The molecule has 2 heterocycles. The van der Waals surface area contributed by atoms with E-state index in [-0.39, 0.29) is 36.7 Å². The van der Waals surface area contributed by atoms with Crippen molar-refractivity contribution in [1.82, 2.24) is 19.2 Å². The zero-order valence-electron chi connectivity index (χ0n) is 22.4. The zero-order valence-corrected chi connectivity index (χ0v) is 24.0. The average Bonchev–Trinajstić information content (AvgIpc) is 3.64. The van der Waals surface area contributed by atoms with E-state index in [2.05, 4.69) is 16.0 Å². The average molecular weight is 605 g/mol. The fourth-order valence-electron chi connectivity index (χ4n) is 4.84. The summed E-state index contributed by atoms with van der Waals surface area (Å²) in [6, 6.07) is 11.9. The van der Waals surface area contributed by atoms with Crippen molar-refractivity contribution in [2.75, 3.05) is 39.3 Å². The van der Waals surface area contributed by atoms with Gasteiger partial charge in [0.25, 0.3) is 11.8 Å². The van der Waals surface area contributed by atoms with Gasteiger partial charge in [0.1, 0.15) is 5.82 Å². The van der Waals surface area contributed by atoms with Gasteiger partial charge < -0.3 is 9.80 Å². The van der Waals surface area contributed by atoms with Gasteiger partial charge in [-0.3, -0.25) is 9.59 Å². The fraction of sp³-hybridized carbons (Fsp3) is 0.357. The number of amides is 2. The van der Waals surface area contributed by atoms with Gasteiger partial charge in [-0.25, -0.2) is 30.7 Å².